The summed E-state index contributed by atoms with van der Waals surface area (Å²) in [5, 5.41) is 15.8. The highest BCUT2D eigenvalue weighted by atomic mass is 16.5. The minimum absolute atomic E-state index is 0.0294. The van der Waals surface area contributed by atoms with Gasteiger partial charge < -0.3 is 19.0 Å². The molecule has 2 aromatic rings. The molecule has 18 heavy (non-hydrogen) atoms. The first-order valence-electron chi connectivity index (χ1n) is 4.95. The molecule has 0 spiro atoms. The van der Waals surface area contributed by atoms with Crippen molar-refractivity contribution in [3.05, 3.63) is 24.1 Å². The highest BCUT2D eigenvalue weighted by Crippen LogP contribution is 2.37. The highest BCUT2D eigenvalue weighted by molar-refractivity contribution is 5.82. The summed E-state index contributed by atoms with van der Waals surface area (Å²) >= 11 is 0. The molecule has 0 aliphatic heterocycles. The quantitative estimate of drug-likeness (QED) is 0.877. The van der Waals surface area contributed by atoms with Crippen molar-refractivity contribution in [1.82, 2.24) is 10.2 Å². The molecule has 1 aromatic heterocycles. The SMILES string of the molecule is COc1cccc(OC)c1-c1nnc(C(=O)O)o1. The maximum Gasteiger partial charge on any atom is 0.393 e. The second-order valence-electron chi connectivity index (χ2n) is 3.26. The van der Waals surface area contributed by atoms with E-state index in [2.05, 4.69) is 10.2 Å². The lowest BCUT2D eigenvalue weighted by molar-refractivity contribution is 0.0654. The van der Waals surface area contributed by atoms with Crippen LogP contribution in [0.5, 0.6) is 11.5 Å². The zero-order valence-electron chi connectivity index (χ0n) is 9.71. The smallest absolute Gasteiger partial charge is 0.393 e. The van der Waals surface area contributed by atoms with E-state index in [0.717, 1.165) is 0 Å². The number of hydrogen-bond donors (Lipinski definition) is 1. The van der Waals surface area contributed by atoms with Gasteiger partial charge in [0.05, 0.1) is 14.2 Å². The molecule has 2 rings (SSSR count). The lowest BCUT2D eigenvalue weighted by Crippen LogP contribution is -1.95. The molecule has 0 fully saturated rings. The normalized spacial score (nSPS) is 10.1. The molecule has 7 heteroatoms. The lowest BCUT2D eigenvalue weighted by Gasteiger charge is -2.09. The van der Waals surface area contributed by atoms with Crippen molar-refractivity contribution < 1.29 is 23.8 Å². The fraction of sp³-hybridized carbons (Fsp3) is 0.182. The number of rotatable bonds is 4. The van der Waals surface area contributed by atoms with Gasteiger partial charge in [-0.1, -0.05) is 6.07 Å². The molecule has 0 aliphatic carbocycles. The van der Waals surface area contributed by atoms with Gasteiger partial charge in [0.15, 0.2) is 0 Å². The minimum atomic E-state index is -1.29. The van der Waals surface area contributed by atoms with Crippen LogP contribution in [0.25, 0.3) is 11.5 Å². The predicted octanol–water partition coefficient (Wildman–Crippen LogP) is 1.45. The molecule has 0 atom stereocenters. The molecule has 0 bridgehead atoms. The van der Waals surface area contributed by atoms with E-state index in [1.165, 1.54) is 14.2 Å². The van der Waals surface area contributed by atoms with Gasteiger partial charge in [0.1, 0.15) is 17.1 Å². The summed E-state index contributed by atoms with van der Waals surface area (Å²) in [6, 6.07) is 5.10. The summed E-state index contributed by atoms with van der Waals surface area (Å²) in [4.78, 5) is 10.7. The van der Waals surface area contributed by atoms with Crippen LogP contribution in [0, 0.1) is 0 Å². The van der Waals surface area contributed by atoms with E-state index in [1.54, 1.807) is 18.2 Å². The molecule has 7 nitrogen and oxygen atoms in total. The van der Waals surface area contributed by atoms with E-state index in [9.17, 15) is 4.79 Å². The topological polar surface area (TPSA) is 94.7 Å². The Morgan fingerprint density at radius 1 is 1.22 bits per heavy atom. The molecule has 1 aromatic carbocycles. The number of methoxy groups -OCH3 is 2. The fourth-order valence-corrected chi connectivity index (χ4v) is 1.47. The van der Waals surface area contributed by atoms with Crippen molar-refractivity contribution in [1.29, 1.82) is 0 Å². The van der Waals surface area contributed by atoms with Crippen molar-refractivity contribution in [2.75, 3.05) is 14.2 Å². The van der Waals surface area contributed by atoms with Crippen LogP contribution in [0.4, 0.5) is 0 Å². The molecule has 0 amide bonds. The van der Waals surface area contributed by atoms with Crippen LogP contribution < -0.4 is 9.47 Å². The van der Waals surface area contributed by atoms with Crippen LogP contribution in [-0.2, 0) is 0 Å². The number of carboxylic acid groups (broad SMARTS) is 1. The van der Waals surface area contributed by atoms with Gasteiger partial charge in [-0.15, -0.1) is 10.2 Å². The standard InChI is InChI=1S/C11H10N2O5/c1-16-6-4-3-5-7(17-2)8(6)9-12-13-10(18-9)11(14)15/h3-5H,1-2H3,(H,14,15). The van der Waals surface area contributed by atoms with E-state index in [1.807, 2.05) is 0 Å². The van der Waals surface area contributed by atoms with Gasteiger partial charge in [0.25, 0.3) is 5.89 Å². The number of aromatic nitrogens is 2. The second-order valence-corrected chi connectivity index (χ2v) is 3.26. The molecule has 0 saturated carbocycles. The average molecular weight is 250 g/mol. The monoisotopic (exact) mass is 250 g/mol. The van der Waals surface area contributed by atoms with Crippen LogP contribution in [0.15, 0.2) is 22.6 Å². The predicted molar refractivity (Wildman–Crippen MR) is 59.8 cm³/mol. The number of carbonyl (C=O) groups is 1. The lowest BCUT2D eigenvalue weighted by atomic mass is 10.2. The van der Waals surface area contributed by atoms with Gasteiger partial charge >= 0.3 is 11.9 Å². The molecular formula is C11H10N2O5. The Kier molecular flexibility index (Phi) is 3.13. The van der Waals surface area contributed by atoms with Crippen molar-refractivity contribution in [2.45, 2.75) is 0 Å². The molecule has 0 saturated heterocycles. The first kappa shape index (κ1) is 11.9. The summed E-state index contributed by atoms with van der Waals surface area (Å²) in [5.41, 5.74) is 0.419. The third-order valence-corrected chi connectivity index (χ3v) is 2.25. The highest BCUT2D eigenvalue weighted by Gasteiger charge is 2.20. The first-order chi connectivity index (χ1) is 8.67. The largest absolute Gasteiger partial charge is 0.496 e. The average Bonchev–Trinajstić information content (AvgIpc) is 2.87. The van der Waals surface area contributed by atoms with Gasteiger partial charge in [-0.05, 0) is 12.1 Å². The van der Waals surface area contributed by atoms with Crippen LogP contribution in [0.1, 0.15) is 10.7 Å². The number of hydrogen-bond acceptors (Lipinski definition) is 6. The number of nitrogens with zero attached hydrogens (tertiary/aromatic N) is 2. The Balaban J connectivity index is 2.57. The fourth-order valence-electron chi connectivity index (χ4n) is 1.47. The van der Waals surface area contributed by atoms with Crippen LogP contribution in [-0.4, -0.2) is 35.5 Å². The van der Waals surface area contributed by atoms with Gasteiger partial charge in [-0.25, -0.2) is 4.79 Å². The van der Waals surface area contributed by atoms with Crippen LogP contribution in [0.2, 0.25) is 0 Å². The molecule has 1 heterocycles. The molecule has 0 aliphatic rings. The van der Waals surface area contributed by atoms with E-state index in [-0.39, 0.29) is 5.89 Å². The van der Waals surface area contributed by atoms with E-state index in [0.29, 0.717) is 17.1 Å². The minimum Gasteiger partial charge on any atom is -0.496 e. The van der Waals surface area contributed by atoms with Crippen LogP contribution in [0.3, 0.4) is 0 Å². The zero-order chi connectivity index (χ0) is 13.1. The molecule has 0 radical (unpaired) electrons. The third kappa shape index (κ3) is 1.97. The maximum atomic E-state index is 10.7. The molecule has 0 unspecified atom stereocenters. The van der Waals surface area contributed by atoms with Gasteiger partial charge in [-0.3, -0.25) is 0 Å². The van der Waals surface area contributed by atoms with Crippen LogP contribution >= 0.6 is 0 Å². The van der Waals surface area contributed by atoms with Crippen molar-refractivity contribution in [3.8, 4) is 23.0 Å². The molecular weight excluding hydrogens is 240 g/mol. The Morgan fingerprint density at radius 3 is 2.28 bits per heavy atom. The van der Waals surface area contributed by atoms with E-state index in [4.69, 9.17) is 19.0 Å². The van der Waals surface area contributed by atoms with Gasteiger partial charge in [-0.2, -0.15) is 0 Å². The number of aromatic carboxylic acids is 1. The first-order valence-corrected chi connectivity index (χ1v) is 4.95. The number of ether oxygens (including phenoxy) is 2. The molecule has 94 valence electrons. The van der Waals surface area contributed by atoms with Crippen molar-refractivity contribution in [2.24, 2.45) is 0 Å². The number of benzene rings is 1. The van der Waals surface area contributed by atoms with Gasteiger partial charge in [0.2, 0.25) is 0 Å². The zero-order valence-corrected chi connectivity index (χ0v) is 9.71. The Labute approximate surface area is 102 Å². The Bertz CT molecular complexity index is 556. The van der Waals surface area contributed by atoms with E-state index >= 15 is 0 Å². The maximum absolute atomic E-state index is 10.7. The summed E-state index contributed by atoms with van der Waals surface area (Å²) < 4.78 is 15.3. The summed E-state index contributed by atoms with van der Waals surface area (Å²) in [6.07, 6.45) is 0. The Morgan fingerprint density at radius 2 is 1.83 bits per heavy atom. The van der Waals surface area contributed by atoms with Crippen molar-refractivity contribution >= 4 is 5.97 Å². The number of carboxylic acids is 1. The Hall–Kier alpha value is -2.57. The second kappa shape index (κ2) is 4.74. The third-order valence-electron chi connectivity index (χ3n) is 2.25. The summed E-state index contributed by atoms with van der Waals surface area (Å²) in [5.74, 6) is -0.841. The summed E-state index contributed by atoms with van der Waals surface area (Å²) in [7, 11) is 2.96. The molecule has 1 N–H and O–H groups in total. The van der Waals surface area contributed by atoms with E-state index < -0.39 is 11.9 Å². The van der Waals surface area contributed by atoms with Gasteiger partial charge in [0, 0.05) is 0 Å². The van der Waals surface area contributed by atoms with Crippen molar-refractivity contribution in [3.63, 3.8) is 0 Å². The summed E-state index contributed by atoms with van der Waals surface area (Å²) in [6.45, 7) is 0.